The van der Waals surface area contributed by atoms with Gasteiger partial charge in [-0.2, -0.15) is 0 Å². The molecule has 4 N–H and O–H groups in total. The Morgan fingerprint density at radius 1 is 1.31 bits per heavy atom. The predicted octanol–water partition coefficient (Wildman–Crippen LogP) is -0.405. The normalized spacial score (nSPS) is 31.6. The van der Waals surface area contributed by atoms with E-state index < -0.39 is 23.4 Å². The molecule has 0 radical (unpaired) electrons. The molecule has 13 heavy (non-hydrogen) atoms. The molecule has 0 saturated heterocycles. The van der Waals surface area contributed by atoms with Gasteiger partial charge in [0.05, 0.1) is 0 Å². The first-order chi connectivity index (χ1) is 5.98. The first kappa shape index (κ1) is 9.47. The quantitative estimate of drug-likeness (QED) is 0.540. The van der Waals surface area contributed by atoms with E-state index in [-0.39, 0.29) is 0 Å². The van der Waals surface area contributed by atoms with Crippen molar-refractivity contribution in [3.8, 4) is 0 Å². The van der Waals surface area contributed by atoms with E-state index in [0.29, 0.717) is 0 Å². The van der Waals surface area contributed by atoms with Gasteiger partial charge in [-0.3, -0.25) is 4.79 Å². The van der Waals surface area contributed by atoms with E-state index in [2.05, 4.69) is 0 Å². The van der Waals surface area contributed by atoms with Gasteiger partial charge >= 0.3 is 11.9 Å². The van der Waals surface area contributed by atoms with Crippen molar-refractivity contribution in [2.75, 3.05) is 0 Å². The Bertz CT molecular complexity index is 307. The van der Waals surface area contributed by atoms with Crippen LogP contribution in [0, 0.1) is 5.92 Å². The van der Waals surface area contributed by atoms with Crippen LogP contribution in [-0.2, 0) is 9.59 Å². The zero-order valence-corrected chi connectivity index (χ0v) is 6.68. The molecule has 0 aromatic rings. The minimum absolute atomic E-state index is 1.17. The Morgan fingerprint density at radius 2 is 1.92 bits per heavy atom. The molecule has 2 unspecified atom stereocenters. The van der Waals surface area contributed by atoms with Crippen LogP contribution in [0.2, 0.25) is 0 Å². The maximum absolute atomic E-state index is 10.7. The summed E-state index contributed by atoms with van der Waals surface area (Å²) in [5, 5.41) is 17.4. The summed E-state index contributed by atoms with van der Waals surface area (Å²) in [6.45, 7) is 0. The maximum atomic E-state index is 10.7. The molecule has 70 valence electrons. The molecule has 0 aliphatic heterocycles. The Labute approximate surface area is 74.2 Å². The fourth-order valence-electron chi connectivity index (χ4n) is 1.14. The van der Waals surface area contributed by atoms with Crippen molar-refractivity contribution < 1.29 is 19.8 Å². The van der Waals surface area contributed by atoms with Crippen LogP contribution in [-0.4, -0.2) is 27.7 Å². The standard InChI is InChI=1S/C8H9NO4/c9-8(7(12)13)4-2-1-3-5(8)6(10)11/h1-5H,9H2,(H,10,11)(H,12,13). The van der Waals surface area contributed by atoms with Gasteiger partial charge in [-0.25, -0.2) is 4.79 Å². The smallest absolute Gasteiger partial charge is 0.328 e. The Balaban J connectivity index is 3.07. The van der Waals surface area contributed by atoms with Crippen LogP contribution in [0.5, 0.6) is 0 Å². The monoisotopic (exact) mass is 183 g/mol. The number of hydrogen-bond donors (Lipinski definition) is 3. The lowest BCUT2D eigenvalue weighted by Crippen LogP contribution is -2.55. The molecule has 0 spiro atoms. The van der Waals surface area contributed by atoms with Crippen molar-refractivity contribution in [3.05, 3.63) is 24.3 Å². The summed E-state index contributed by atoms with van der Waals surface area (Å²) in [7, 11) is 0. The molecule has 0 amide bonds. The van der Waals surface area contributed by atoms with Crippen molar-refractivity contribution in [2.45, 2.75) is 5.54 Å². The molecular formula is C8H9NO4. The summed E-state index contributed by atoms with van der Waals surface area (Å²) in [6.07, 6.45) is 5.32. The second-order valence-electron chi connectivity index (χ2n) is 2.80. The highest BCUT2D eigenvalue weighted by Gasteiger charge is 2.44. The van der Waals surface area contributed by atoms with Crippen LogP contribution < -0.4 is 5.73 Å². The van der Waals surface area contributed by atoms with Crippen molar-refractivity contribution >= 4 is 11.9 Å². The molecule has 0 aromatic heterocycles. The molecule has 5 heteroatoms. The van der Waals surface area contributed by atoms with Crippen LogP contribution in [0.25, 0.3) is 0 Å². The highest BCUT2D eigenvalue weighted by molar-refractivity contribution is 5.90. The average molecular weight is 183 g/mol. The fraction of sp³-hybridized carbons (Fsp3) is 0.250. The maximum Gasteiger partial charge on any atom is 0.328 e. The van der Waals surface area contributed by atoms with Gasteiger partial charge in [0.25, 0.3) is 0 Å². The summed E-state index contributed by atoms with van der Waals surface area (Å²) in [4.78, 5) is 21.4. The fourth-order valence-corrected chi connectivity index (χ4v) is 1.14. The van der Waals surface area contributed by atoms with Crippen LogP contribution >= 0.6 is 0 Å². The topological polar surface area (TPSA) is 101 Å². The van der Waals surface area contributed by atoms with E-state index in [4.69, 9.17) is 15.9 Å². The number of aliphatic carboxylic acids is 2. The predicted molar refractivity (Wildman–Crippen MR) is 44.0 cm³/mol. The Kier molecular flexibility index (Phi) is 2.20. The van der Waals surface area contributed by atoms with E-state index in [0.717, 1.165) is 0 Å². The first-order valence-corrected chi connectivity index (χ1v) is 3.59. The van der Waals surface area contributed by atoms with Gasteiger partial charge in [-0.1, -0.05) is 24.3 Å². The number of rotatable bonds is 2. The Morgan fingerprint density at radius 3 is 2.31 bits per heavy atom. The zero-order valence-electron chi connectivity index (χ0n) is 6.68. The molecule has 1 rings (SSSR count). The highest BCUT2D eigenvalue weighted by Crippen LogP contribution is 2.22. The van der Waals surface area contributed by atoms with Crippen LogP contribution in [0.3, 0.4) is 0 Å². The van der Waals surface area contributed by atoms with Crippen LogP contribution in [0.1, 0.15) is 0 Å². The molecule has 1 aliphatic rings. The molecule has 0 saturated carbocycles. The van der Waals surface area contributed by atoms with E-state index >= 15 is 0 Å². The lowest BCUT2D eigenvalue weighted by Gasteiger charge is -2.27. The van der Waals surface area contributed by atoms with Crippen molar-refractivity contribution in [1.29, 1.82) is 0 Å². The molecular weight excluding hydrogens is 174 g/mol. The summed E-state index contributed by atoms with van der Waals surface area (Å²) in [5.41, 5.74) is 3.60. The number of allylic oxidation sites excluding steroid dienone is 2. The molecule has 0 bridgehead atoms. The number of carbonyl (C=O) groups is 2. The zero-order chi connectivity index (χ0) is 10.1. The van der Waals surface area contributed by atoms with Crippen molar-refractivity contribution in [2.24, 2.45) is 11.7 Å². The summed E-state index contributed by atoms with van der Waals surface area (Å²) >= 11 is 0. The van der Waals surface area contributed by atoms with Gasteiger partial charge in [0.2, 0.25) is 0 Å². The lowest BCUT2D eigenvalue weighted by atomic mass is 9.81. The van der Waals surface area contributed by atoms with E-state index in [1.807, 2.05) is 0 Å². The van der Waals surface area contributed by atoms with Crippen molar-refractivity contribution in [3.63, 3.8) is 0 Å². The second-order valence-corrected chi connectivity index (χ2v) is 2.80. The molecule has 2 atom stereocenters. The Hall–Kier alpha value is -1.62. The molecule has 0 heterocycles. The van der Waals surface area contributed by atoms with Gasteiger partial charge in [0.1, 0.15) is 5.92 Å². The number of nitrogens with two attached hydrogens (primary N) is 1. The third-order valence-electron chi connectivity index (χ3n) is 1.94. The molecule has 5 nitrogen and oxygen atoms in total. The highest BCUT2D eigenvalue weighted by atomic mass is 16.4. The second kappa shape index (κ2) is 3.02. The lowest BCUT2D eigenvalue weighted by molar-refractivity contribution is -0.151. The number of hydrogen-bond acceptors (Lipinski definition) is 3. The number of carboxylic acid groups (broad SMARTS) is 2. The third-order valence-corrected chi connectivity index (χ3v) is 1.94. The summed E-state index contributed by atoms with van der Waals surface area (Å²) in [5.74, 6) is -3.80. The molecule has 0 aromatic carbocycles. The van der Waals surface area contributed by atoms with Gasteiger partial charge < -0.3 is 15.9 Å². The average Bonchev–Trinajstić information content (AvgIpc) is 2.04. The van der Waals surface area contributed by atoms with Gasteiger partial charge in [-0.15, -0.1) is 0 Å². The number of carboxylic acids is 2. The SMILES string of the molecule is NC1(C(=O)O)C=CC=CC1C(=O)O. The van der Waals surface area contributed by atoms with Crippen molar-refractivity contribution in [1.82, 2.24) is 0 Å². The van der Waals surface area contributed by atoms with Crippen LogP contribution in [0.4, 0.5) is 0 Å². The third kappa shape index (κ3) is 1.46. The minimum Gasteiger partial charge on any atom is -0.481 e. The molecule has 0 fully saturated rings. The van der Waals surface area contributed by atoms with E-state index in [1.165, 1.54) is 24.3 Å². The summed E-state index contributed by atoms with van der Waals surface area (Å²) in [6, 6.07) is 0. The van der Waals surface area contributed by atoms with Gasteiger partial charge in [-0.05, 0) is 0 Å². The minimum atomic E-state index is -1.83. The molecule has 1 aliphatic carbocycles. The van der Waals surface area contributed by atoms with Gasteiger partial charge in [0, 0.05) is 0 Å². The van der Waals surface area contributed by atoms with E-state index in [9.17, 15) is 9.59 Å². The largest absolute Gasteiger partial charge is 0.481 e. The summed E-state index contributed by atoms with van der Waals surface area (Å²) < 4.78 is 0. The first-order valence-electron chi connectivity index (χ1n) is 3.59. The van der Waals surface area contributed by atoms with Gasteiger partial charge in [0.15, 0.2) is 5.54 Å². The van der Waals surface area contributed by atoms with Crippen LogP contribution in [0.15, 0.2) is 24.3 Å². The van der Waals surface area contributed by atoms with E-state index in [1.54, 1.807) is 0 Å².